The van der Waals surface area contributed by atoms with E-state index in [1.54, 1.807) is 17.7 Å². The van der Waals surface area contributed by atoms with Gasteiger partial charge in [-0.2, -0.15) is 4.98 Å². The first-order chi connectivity index (χ1) is 14.2. The smallest absolute Gasteiger partial charge is 0.289 e. The van der Waals surface area contributed by atoms with Gasteiger partial charge in [0.25, 0.3) is 5.91 Å². The number of amides is 1. The third kappa shape index (κ3) is 4.96. The summed E-state index contributed by atoms with van der Waals surface area (Å²) in [5.74, 6) is 1.95. The summed E-state index contributed by atoms with van der Waals surface area (Å²) >= 11 is 0. The Labute approximate surface area is 171 Å². The minimum Gasteiger partial charge on any atom is -0.459 e. The summed E-state index contributed by atoms with van der Waals surface area (Å²) in [6, 6.07) is 5.47. The van der Waals surface area contributed by atoms with Gasteiger partial charge in [0.15, 0.2) is 5.76 Å². The van der Waals surface area contributed by atoms with E-state index in [1.165, 1.54) is 31.9 Å². The lowest BCUT2D eigenvalue weighted by atomic mass is 9.97. The van der Waals surface area contributed by atoms with E-state index in [-0.39, 0.29) is 5.91 Å². The molecule has 2 aromatic heterocycles. The monoisotopic (exact) mass is 395 g/mol. The summed E-state index contributed by atoms with van der Waals surface area (Å²) in [5, 5.41) is 3.39. The molecule has 3 heterocycles. The van der Waals surface area contributed by atoms with Crippen molar-refractivity contribution in [3.05, 3.63) is 47.6 Å². The van der Waals surface area contributed by atoms with Gasteiger partial charge in [0.1, 0.15) is 5.82 Å². The number of allylic oxidation sites excluding steroid dienone is 1. The summed E-state index contributed by atoms with van der Waals surface area (Å²) in [7, 11) is 0. The molecule has 0 atom stereocenters. The molecule has 0 spiro atoms. The second-order valence-electron chi connectivity index (χ2n) is 7.73. The van der Waals surface area contributed by atoms with Gasteiger partial charge in [-0.25, -0.2) is 4.98 Å². The Morgan fingerprint density at radius 2 is 2.07 bits per heavy atom. The van der Waals surface area contributed by atoms with Gasteiger partial charge >= 0.3 is 0 Å². The fourth-order valence-corrected chi connectivity index (χ4v) is 3.95. The number of nitrogens with one attached hydrogen (secondary N) is 1. The van der Waals surface area contributed by atoms with Crippen LogP contribution >= 0.6 is 0 Å². The summed E-state index contributed by atoms with van der Waals surface area (Å²) in [5.41, 5.74) is 2.50. The SMILES string of the molecule is Cc1cc(N2CCN(C(=O)c3ccco3)CC2)nc(NCCC2=CCCCC2)n1. The third-order valence-corrected chi connectivity index (χ3v) is 5.58. The molecular weight excluding hydrogens is 366 g/mol. The molecule has 2 aliphatic rings. The average molecular weight is 396 g/mol. The first-order valence-electron chi connectivity index (χ1n) is 10.5. The predicted molar refractivity (Wildman–Crippen MR) is 113 cm³/mol. The number of aromatic nitrogens is 2. The topological polar surface area (TPSA) is 74.5 Å². The molecule has 0 radical (unpaired) electrons. The van der Waals surface area contributed by atoms with Crippen molar-refractivity contribution in [1.29, 1.82) is 0 Å². The van der Waals surface area contributed by atoms with Gasteiger partial charge in [-0.3, -0.25) is 4.79 Å². The molecule has 1 fully saturated rings. The van der Waals surface area contributed by atoms with E-state index < -0.39 is 0 Å². The molecule has 7 heteroatoms. The standard InChI is InChI=1S/C22H29N5O2/c1-17-16-20(25-22(24-17)23-10-9-18-6-3-2-4-7-18)26-11-13-27(14-12-26)21(28)19-8-5-15-29-19/h5-6,8,15-16H,2-4,7,9-14H2,1H3,(H,23,24,25). The molecule has 1 aliphatic heterocycles. The van der Waals surface area contributed by atoms with Gasteiger partial charge in [-0.15, -0.1) is 0 Å². The number of hydrogen-bond donors (Lipinski definition) is 1. The van der Waals surface area contributed by atoms with Gasteiger partial charge in [0, 0.05) is 44.5 Å². The summed E-state index contributed by atoms with van der Waals surface area (Å²) in [4.78, 5) is 25.8. The normalized spacial score (nSPS) is 17.2. The number of aryl methyl sites for hydroxylation is 1. The fourth-order valence-electron chi connectivity index (χ4n) is 3.95. The molecule has 0 bridgehead atoms. The number of carbonyl (C=O) groups is 1. The van der Waals surface area contributed by atoms with Crippen molar-refractivity contribution < 1.29 is 9.21 Å². The highest BCUT2D eigenvalue weighted by Crippen LogP contribution is 2.21. The summed E-state index contributed by atoms with van der Waals surface area (Å²) in [6.45, 7) is 5.65. The maximum atomic E-state index is 12.4. The predicted octanol–water partition coefficient (Wildman–Crippen LogP) is 3.64. The Morgan fingerprint density at radius 3 is 2.79 bits per heavy atom. The van der Waals surface area contributed by atoms with Crippen molar-refractivity contribution in [3.63, 3.8) is 0 Å². The molecule has 1 aliphatic carbocycles. The fraction of sp³-hybridized carbons (Fsp3) is 0.500. The maximum absolute atomic E-state index is 12.4. The van der Waals surface area contributed by atoms with E-state index in [0.717, 1.165) is 37.6 Å². The number of rotatable bonds is 6. The van der Waals surface area contributed by atoms with E-state index >= 15 is 0 Å². The van der Waals surface area contributed by atoms with Gasteiger partial charge in [0.2, 0.25) is 5.95 Å². The largest absolute Gasteiger partial charge is 0.459 e. The highest BCUT2D eigenvalue weighted by Gasteiger charge is 2.24. The molecule has 1 saturated heterocycles. The molecule has 0 saturated carbocycles. The zero-order chi connectivity index (χ0) is 20.1. The Kier molecular flexibility index (Phi) is 6.12. The van der Waals surface area contributed by atoms with Crippen molar-refractivity contribution in [3.8, 4) is 0 Å². The molecule has 0 unspecified atom stereocenters. The molecule has 7 nitrogen and oxygen atoms in total. The second-order valence-corrected chi connectivity index (χ2v) is 7.73. The zero-order valence-corrected chi connectivity index (χ0v) is 17.1. The third-order valence-electron chi connectivity index (χ3n) is 5.58. The summed E-state index contributed by atoms with van der Waals surface area (Å²) < 4.78 is 5.24. The van der Waals surface area contributed by atoms with Crippen LogP contribution in [-0.4, -0.2) is 53.5 Å². The highest BCUT2D eigenvalue weighted by atomic mass is 16.3. The van der Waals surface area contributed by atoms with Crippen LogP contribution in [0.4, 0.5) is 11.8 Å². The molecular formula is C22H29N5O2. The second kappa shape index (κ2) is 9.11. The van der Waals surface area contributed by atoms with Gasteiger partial charge in [0.05, 0.1) is 6.26 Å². The van der Waals surface area contributed by atoms with Crippen LogP contribution in [0, 0.1) is 6.92 Å². The Hall–Kier alpha value is -2.83. The van der Waals surface area contributed by atoms with Crippen LogP contribution in [0.25, 0.3) is 0 Å². The Morgan fingerprint density at radius 1 is 1.21 bits per heavy atom. The lowest BCUT2D eigenvalue weighted by Crippen LogP contribution is -2.49. The van der Waals surface area contributed by atoms with E-state index in [9.17, 15) is 4.79 Å². The van der Waals surface area contributed by atoms with Crippen molar-refractivity contribution in [2.24, 2.45) is 0 Å². The van der Waals surface area contributed by atoms with Gasteiger partial charge in [-0.05, 0) is 51.2 Å². The van der Waals surface area contributed by atoms with Gasteiger partial charge in [-0.1, -0.05) is 11.6 Å². The van der Waals surface area contributed by atoms with Crippen LogP contribution in [0.1, 0.15) is 48.4 Å². The van der Waals surface area contributed by atoms with Crippen LogP contribution in [-0.2, 0) is 0 Å². The number of carbonyl (C=O) groups excluding carboxylic acids is 1. The molecule has 1 amide bonds. The van der Waals surface area contributed by atoms with Crippen molar-refractivity contribution >= 4 is 17.7 Å². The van der Waals surface area contributed by atoms with Crippen LogP contribution < -0.4 is 10.2 Å². The Balaban J connectivity index is 1.33. The van der Waals surface area contributed by atoms with Crippen molar-refractivity contribution in [1.82, 2.24) is 14.9 Å². The lowest BCUT2D eigenvalue weighted by molar-refractivity contribution is 0.0714. The maximum Gasteiger partial charge on any atom is 0.289 e. The first kappa shape index (κ1) is 19.5. The number of anilines is 2. The average Bonchev–Trinajstić information content (AvgIpc) is 3.29. The highest BCUT2D eigenvalue weighted by molar-refractivity contribution is 5.91. The molecule has 154 valence electrons. The van der Waals surface area contributed by atoms with Crippen molar-refractivity contribution in [2.75, 3.05) is 42.9 Å². The molecule has 2 aromatic rings. The van der Waals surface area contributed by atoms with Crippen molar-refractivity contribution in [2.45, 2.75) is 39.0 Å². The number of hydrogen-bond acceptors (Lipinski definition) is 6. The molecule has 1 N–H and O–H groups in total. The van der Waals surface area contributed by atoms with Crippen LogP contribution in [0.2, 0.25) is 0 Å². The number of nitrogens with zero attached hydrogens (tertiary/aromatic N) is 4. The first-order valence-corrected chi connectivity index (χ1v) is 10.5. The lowest BCUT2D eigenvalue weighted by Gasteiger charge is -2.35. The zero-order valence-electron chi connectivity index (χ0n) is 17.1. The van der Waals surface area contributed by atoms with E-state index in [2.05, 4.69) is 21.3 Å². The summed E-state index contributed by atoms with van der Waals surface area (Å²) in [6.07, 6.45) is 10.0. The molecule has 29 heavy (non-hydrogen) atoms. The minimum absolute atomic E-state index is 0.0482. The molecule has 4 rings (SSSR count). The van der Waals surface area contributed by atoms with E-state index in [0.29, 0.717) is 24.8 Å². The minimum atomic E-state index is -0.0482. The Bertz CT molecular complexity index is 854. The molecule has 0 aromatic carbocycles. The van der Waals surface area contributed by atoms with Gasteiger partial charge < -0.3 is 19.5 Å². The van der Waals surface area contributed by atoms with E-state index in [1.807, 2.05) is 17.9 Å². The quantitative estimate of drug-likeness (QED) is 0.753. The van der Waals surface area contributed by atoms with E-state index in [4.69, 9.17) is 9.40 Å². The van der Waals surface area contributed by atoms with Crippen LogP contribution in [0.5, 0.6) is 0 Å². The van der Waals surface area contributed by atoms with Crippen LogP contribution in [0.15, 0.2) is 40.5 Å². The van der Waals surface area contributed by atoms with Crippen LogP contribution in [0.3, 0.4) is 0 Å². The number of furan rings is 1. The number of piperazine rings is 1.